The van der Waals surface area contributed by atoms with Crippen molar-refractivity contribution in [2.75, 3.05) is 6.61 Å². The van der Waals surface area contributed by atoms with Gasteiger partial charge in [-0.15, -0.1) is 5.06 Å². The maximum atomic E-state index is 12.7. The van der Waals surface area contributed by atoms with Crippen molar-refractivity contribution < 1.29 is 24.0 Å². The van der Waals surface area contributed by atoms with Gasteiger partial charge in [-0.2, -0.15) is 0 Å². The Balaban J connectivity index is 2.80. The van der Waals surface area contributed by atoms with Gasteiger partial charge in [0.05, 0.1) is 6.54 Å². The first-order chi connectivity index (χ1) is 14.3. The number of rotatable bonds is 14. The van der Waals surface area contributed by atoms with Gasteiger partial charge in [-0.25, -0.2) is 0 Å². The van der Waals surface area contributed by atoms with Crippen LogP contribution in [0.5, 0.6) is 0 Å². The maximum absolute atomic E-state index is 12.7. The third-order valence-electron chi connectivity index (χ3n) is 4.39. The third-order valence-corrected chi connectivity index (χ3v) is 4.39. The van der Waals surface area contributed by atoms with Crippen LogP contribution in [0.1, 0.15) is 52.0 Å². The fourth-order valence-corrected chi connectivity index (χ4v) is 2.75. The summed E-state index contributed by atoms with van der Waals surface area (Å²) in [6, 6.07) is 8.29. The summed E-state index contributed by atoms with van der Waals surface area (Å²) in [5, 5.41) is 1.22. The summed E-state index contributed by atoms with van der Waals surface area (Å²) in [6.07, 6.45) is 5.86. The van der Waals surface area contributed by atoms with Gasteiger partial charge in [0.2, 0.25) is 5.91 Å². The molecule has 0 radical (unpaired) electrons. The van der Waals surface area contributed by atoms with Crippen molar-refractivity contribution in [1.82, 2.24) is 5.06 Å². The zero-order valence-corrected chi connectivity index (χ0v) is 18.0. The third kappa shape index (κ3) is 10.6. The molecule has 0 fully saturated rings. The molecule has 0 aliphatic heterocycles. The minimum Gasteiger partial charge on any atom is -0.460 e. The van der Waals surface area contributed by atoms with Gasteiger partial charge in [0.15, 0.2) is 0 Å². The van der Waals surface area contributed by atoms with Crippen LogP contribution in [-0.4, -0.2) is 36.1 Å². The van der Waals surface area contributed by atoms with Gasteiger partial charge < -0.3 is 15.3 Å². The Kier molecular flexibility index (Phi) is 11.8. The van der Waals surface area contributed by atoms with E-state index in [1.165, 1.54) is 10.6 Å². The summed E-state index contributed by atoms with van der Waals surface area (Å²) in [5.74, 6) is -1.13. The number of hydrogen-bond donors (Lipinski definition) is 1. The molecule has 0 aromatic heterocycles. The van der Waals surface area contributed by atoms with Crippen LogP contribution >= 0.6 is 0 Å². The second kappa shape index (κ2) is 14.1. The van der Waals surface area contributed by atoms with E-state index in [0.717, 1.165) is 24.0 Å². The minimum absolute atomic E-state index is 0.0369. The average molecular weight is 417 g/mol. The summed E-state index contributed by atoms with van der Waals surface area (Å²) in [6.45, 7) is 6.61. The summed E-state index contributed by atoms with van der Waals surface area (Å²) < 4.78 is 5.38. The van der Waals surface area contributed by atoms with E-state index >= 15 is 0 Å². The van der Waals surface area contributed by atoms with E-state index in [4.69, 9.17) is 15.3 Å². The normalized spacial score (nSPS) is 12.2. The van der Waals surface area contributed by atoms with Crippen LogP contribution in [0, 0.1) is 0 Å². The highest BCUT2D eigenvalue weighted by Crippen LogP contribution is 2.15. The van der Waals surface area contributed by atoms with Crippen molar-refractivity contribution in [2.45, 2.75) is 59.0 Å². The molecule has 0 spiro atoms. The molecule has 7 heteroatoms. The standard InChI is InChI=1S/C23H32N2O5/c1-18(2)8-7-9-19(3)14-15-29-23(28)21(12-13-22(24)27)25(30-17-26)16-20-10-5-4-6-11-20/h4-6,8,10-11,14,17,21H,7,9,12-13,15-16H2,1-3H3,(H2,24,27)/b19-14+/t21-/m0/s1. The Bertz CT molecular complexity index is 739. The van der Waals surface area contributed by atoms with Crippen molar-refractivity contribution in [3.05, 3.63) is 59.2 Å². The molecule has 0 saturated carbocycles. The van der Waals surface area contributed by atoms with Gasteiger partial charge in [-0.05, 0) is 51.7 Å². The monoisotopic (exact) mass is 416 g/mol. The molecule has 7 nitrogen and oxygen atoms in total. The van der Waals surface area contributed by atoms with Gasteiger partial charge in [0.25, 0.3) is 0 Å². The van der Waals surface area contributed by atoms with E-state index in [2.05, 4.69) is 19.9 Å². The van der Waals surface area contributed by atoms with Crippen molar-refractivity contribution >= 4 is 18.3 Å². The average Bonchev–Trinajstić information content (AvgIpc) is 2.68. The zero-order valence-electron chi connectivity index (χ0n) is 18.0. The highest BCUT2D eigenvalue weighted by molar-refractivity contribution is 5.78. The van der Waals surface area contributed by atoms with E-state index in [9.17, 15) is 14.4 Å². The number of ether oxygens (including phenoxy) is 1. The van der Waals surface area contributed by atoms with Crippen LogP contribution in [0.3, 0.4) is 0 Å². The number of esters is 1. The van der Waals surface area contributed by atoms with Crippen LogP contribution in [0.2, 0.25) is 0 Å². The van der Waals surface area contributed by atoms with Crippen LogP contribution in [0.4, 0.5) is 0 Å². The topological polar surface area (TPSA) is 98.9 Å². The number of allylic oxidation sites excluding steroid dienone is 3. The first-order valence-corrected chi connectivity index (χ1v) is 9.98. The Morgan fingerprint density at radius 3 is 2.40 bits per heavy atom. The van der Waals surface area contributed by atoms with Crippen LogP contribution in [0.25, 0.3) is 0 Å². The summed E-state index contributed by atoms with van der Waals surface area (Å²) in [4.78, 5) is 40.0. The molecule has 30 heavy (non-hydrogen) atoms. The van der Waals surface area contributed by atoms with Gasteiger partial charge in [-0.1, -0.05) is 47.6 Å². The predicted molar refractivity (Wildman–Crippen MR) is 115 cm³/mol. The summed E-state index contributed by atoms with van der Waals surface area (Å²) >= 11 is 0. The van der Waals surface area contributed by atoms with E-state index in [0.29, 0.717) is 0 Å². The number of nitrogens with zero attached hydrogens (tertiary/aromatic N) is 1. The zero-order chi connectivity index (χ0) is 22.4. The quantitative estimate of drug-likeness (QED) is 0.216. The highest BCUT2D eigenvalue weighted by atomic mass is 16.7. The fourth-order valence-electron chi connectivity index (χ4n) is 2.75. The number of benzene rings is 1. The molecule has 0 heterocycles. The molecule has 164 valence electrons. The molecule has 1 atom stereocenters. The molecule has 1 rings (SSSR count). The molecule has 1 aromatic rings. The van der Waals surface area contributed by atoms with E-state index in [1.54, 1.807) is 0 Å². The maximum Gasteiger partial charge on any atom is 0.327 e. The van der Waals surface area contributed by atoms with Crippen molar-refractivity contribution in [3.63, 3.8) is 0 Å². The molecule has 0 bridgehead atoms. The summed E-state index contributed by atoms with van der Waals surface area (Å²) in [7, 11) is 0. The minimum atomic E-state index is -0.942. The number of amides is 1. The van der Waals surface area contributed by atoms with Gasteiger partial charge in [0, 0.05) is 6.42 Å². The SMILES string of the molecule is CC(C)=CCC/C(C)=C/COC(=O)[C@H](CCC(N)=O)N(Cc1ccccc1)OC=O. The van der Waals surface area contributed by atoms with E-state index in [-0.39, 0.29) is 32.5 Å². The van der Waals surface area contributed by atoms with Crippen molar-refractivity contribution in [1.29, 1.82) is 0 Å². The van der Waals surface area contributed by atoms with Crippen molar-refractivity contribution in [2.24, 2.45) is 5.73 Å². The molecule has 2 N–H and O–H groups in total. The van der Waals surface area contributed by atoms with Crippen LogP contribution in [-0.2, 0) is 30.5 Å². The first kappa shape index (κ1) is 25.1. The lowest BCUT2D eigenvalue weighted by Crippen LogP contribution is -2.42. The number of hydroxylamine groups is 2. The lowest BCUT2D eigenvalue weighted by atomic mass is 10.1. The summed E-state index contributed by atoms with van der Waals surface area (Å²) in [5.41, 5.74) is 8.45. The Labute approximate surface area is 178 Å². The van der Waals surface area contributed by atoms with E-state index < -0.39 is 17.9 Å². The Morgan fingerprint density at radius 2 is 1.80 bits per heavy atom. The number of carbonyl (C=O) groups excluding carboxylic acids is 3. The number of hydrogen-bond acceptors (Lipinski definition) is 6. The number of primary amides is 1. The van der Waals surface area contributed by atoms with Crippen molar-refractivity contribution in [3.8, 4) is 0 Å². The predicted octanol–water partition coefficient (Wildman–Crippen LogP) is 3.45. The Morgan fingerprint density at radius 1 is 1.10 bits per heavy atom. The number of nitrogens with two attached hydrogens (primary N) is 1. The molecule has 0 unspecified atom stereocenters. The van der Waals surface area contributed by atoms with E-state index in [1.807, 2.05) is 43.3 Å². The van der Waals surface area contributed by atoms with Crippen LogP contribution in [0.15, 0.2) is 53.6 Å². The smallest absolute Gasteiger partial charge is 0.327 e. The molecule has 0 aliphatic rings. The fraction of sp³-hybridized carbons (Fsp3) is 0.435. The van der Waals surface area contributed by atoms with Gasteiger partial charge in [-0.3, -0.25) is 14.4 Å². The Hall–Kier alpha value is -2.93. The molecule has 0 saturated heterocycles. The first-order valence-electron chi connectivity index (χ1n) is 9.98. The largest absolute Gasteiger partial charge is 0.460 e. The highest BCUT2D eigenvalue weighted by Gasteiger charge is 2.29. The lowest BCUT2D eigenvalue weighted by Gasteiger charge is -2.26. The van der Waals surface area contributed by atoms with Gasteiger partial charge >= 0.3 is 12.4 Å². The van der Waals surface area contributed by atoms with Gasteiger partial charge in [0.1, 0.15) is 12.6 Å². The number of carbonyl (C=O) groups is 3. The molecule has 1 aromatic carbocycles. The second-order valence-corrected chi connectivity index (χ2v) is 7.28. The molecular formula is C23H32N2O5. The molecule has 1 amide bonds. The molecule has 0 aliphatic carbocycles. The molecular weight excluding hydrogens is 384 g/mol. The second-order valence-electron chi connectivity index (χ2n) is 7.28. The van der Waals surface area contributed by atoms with Crippen LogP contribution < -0.4 is 5.73 Å². The lowest BCUT2D eigenvalue weighted by molar-refractivity contribution is -0.200.